The Hall–Kier alpha value is -3.30. The Bertz CT molecular complexity index is 1150. The highest BCUT2D eigenvalue weighted by Gasteiger charge is 2.18. The Labute approximate surface area is 185 Å². The molecule has 0 aromatic heterocycles. The summed E-state index contributed by atoms with van der Waals surface area (Å²) in [5.41, 5.74) is 1.07. The van der Waals surface area contributed by atoms with Crippen LogP contribution in [0.5, 0.6) is 5.75 Å². The van der Waals surface area contributed by atoms with E-state index in [1.165, 1.54) is 43.5 Å². The summed E-state index contributed by atoms with van der Waals surface area (Å²) in [6.07, 6.45) is 0. The molecule has 6 nitrogen and oxygen atoms in total. The average Bonchev–Trinajstić information content (AvgIpc) is 2.78. The van der Waals surface area contributed by atoms with E-state index in [9.17, 15) is 22.0 Å². The Morgan fingerprint density at radius 1 is 0.875 bits per heavy atom. The van der Waals surface area contributed by atoms with Gasteiger partial charge in [-0.2, -0.15) is 8.42 Å². The highest BCUT2D eigenvalue weighted by Crippen LogP contribution is 2.20. The molecule has 0 bridgehead atoms. The minimum absolute atomic E-state index is 0.0753. The van der Waals surface area contributed by atoms with Gasteiger partial charge in [0, 0.05) is 25.8 Å². The number of hydrogen-bond donors (Lipinski definition) is 0. The molecule has 0 aliphatic heterocycles. The van der Waals surface area contributed by atoms with Gasteiger partial charge in [-0.15, -0.1) is 0 Å². The number of carbonyl (C=O) groups excluding carboxylic acids is 1. The third kappa shape index (κ3) is 6.12. The van der Waals surface area contributed by atoms with Crippen LogP contribution in [0.15, 0.2) is 77.7 Å². The summed E-state index contributed by atoms with van der Waals surface area (Å²) in [6.45, 7) is 0.846. The summed E-state index contributed by atoms with van der Waals surface area (Å²) in [5.74, 6) is -1.20. The topological polar surface area (TPSA) is 72.9 Å². The van der Waals surface area contributed by atoms with Gasteiger partial charge in [0.2, 0.25) is 0 Å². The molecule has 3 aromatic carbocycles. The molecular formula is C23H21F2NO5S. The van der Waals surface area contributed by atoms with Gasteiger partial charge in [0.25, 0.3) is 5.91 Å². The molecule has 0 saturated heterocycles. The Morgan fingerprint density at radius 3 is 2.00 bits per heavy atom. The van der Waals surface area contributed by atoms with Gasteiger partial charge in [0.1, 0.15) is 22.3 Å². The summed E-state index contributed by atoms with van der Waals surface area (Å²) in [6, 6.07) is 15.8. The van der Waals surface area contributed by atoms with Crippen LogP contribution in [0.2, 0.25) is 0 Å². The SMILES string of the molecule is COCCN(Cc1ccc(OS(=O)(=O)c2ccc(F)cc2)cc1)C(=O)c1ccc(F)cc1. The normalized spacial score (nSPS) is 11.2. The number of carbonyl (C=O) groups is 1. The van der Waals surface area contributed by atoms with Crippen LogP contribution in [-0.2, 0) is 21.4 Å². The lowest BCUT2D eigenvalue weighted by Crippen LogP contribution is -2.33. The minimum atomic E-state index is -4.11. The molecule has 0 aliphatic carbocycles. The predicted molar refractivity (Wildman–Crippen MR) is 114 cm³/mol. The quantitative estimate of drug-likeness (QED) is 0.450. The van der Waals surface area contributed by atoms with E-state index in [4.69, 9.17) is 8.92 Å². The highest BCUT2D eigenvalue weighted by molar-refractivity contribution is 7.87. The van der Waals surface area contributed by atoms with Gasteiger partial charge < -0.3 is 13.8 Å². The molecule has 0 heterocycles. The number of ether oxygens (including phenoxy) is 1. The van der Waals surface area contributed by atoms with Gasteiger partial charge in [-0.1, -0.05) is 12.1 Å². The zero-order chi connectivity index (χ0) is 23.1. The first-order chi connectivity index (χ1) is 15.3. The van der Waals surface area contributed by atoms with Crippen molar-refractivity contribution in [3.05, 3.63) is 95.6 Å². The van der Waals surface area contributed by atoms with Gasteiger partial charge in [-0.05, 0) is 66.2 Å². The van der Waals surface area contributed by atoms with Crippen molar-refractivity contribution in [1.82, 2.24) is 4.90 Å². The van der Waals surface area contributed by atoms with Gasteiger partial charge in [-0.3, -0.25) is 4.79 Å². The van der Waals surface area contributed by atoms with Crippen LogP contribution < -0.4 is 4.18 Å². The lowest BCUT2D eigenvalue weighted by Gasteiger charge is -2.23. The molecule has 3 aromatic rings. The molecule has 1 amide bonds. The summed E-state index contributed by atoms with van der Waals surface area (Å²) in [5, 5.41) is 0. The number of halogens is 2. The molecule has 0 unspecified atom stereocenters. The van der Waals surface area contributed by atoms with Crippen LogP contribution in [0.4, 0.5) is 8.78 Å². The van der Waals surface area contributed by atoms with E-state index < -0.39 is 21.8 Å². The van der Waals surface area contributed by atoms with Crippen LogP contribution in [0.1, 0.15) is 15.9 Å². The van der Waals surface area contributed by atoms with Crippen LogP contribution in [0, 0.1) is 11.6 Å². The molecule has 3 rings (SSSR count). The monoisotopic (exact) mass is 461 g/mol. The van der Waals surface area contributed by atoms with Crippen molar-refractivity contribution >= 4 is 16.0 Å². The van der Waals surface area contributed by atoms with Gasteiger partial charge in [-0.25, -0.2) is 8.78 Å². The van der Waals surface area contributed by atoms with Crippen LogP contribution in [0.3, 0.4) is 0 Å². The molecule has 9 heteroatoms. The van der Waals surface area contributed by atoms with Crippen LogP contribution in [-0.4, -0.2) is 39.5 Å². The van der Waals surface area contributed by atoms with Crippen molar-refractivity contribution in [3.8, 4) is 5.75 Å². The number of amides is 1. The van der Waals surface area contributed by atoms with E-state index in [2.05, 4.69) is 0 Å². The van der Waals surface area contributed by atoms with E-state index in [1.54, 1.807) is 17.0 Å². The molecule has 0 saturated carbocycles. The predicted octanol–water partition coefficient (Wildman–Crippen LogP) is 4.02. The summed E-state index contributed by atoms with van der Waals surface area (Å²) in [7, 11) is -2.59. The number of benzene rings is 3. The fourth-order valence-corrected chi connectivity index (χ4v) is 3.81. The smallest absolute Gasteiger partial charge is 0.339 e. The Morgan fingerprint density at radius 2 is 1.44 bits per heavy atom. The zero-order valence-electron chi connectivity index (χ0n) is 17.2. The largest absolute Gasteiger partial charge is 0.383 e. The summed E-state index contributed by atoms with van der Waals surface area (Å²) >= 11 is 0. The first kappa shape index (κ1) is 23.4. The molecule has 32 heavy (non-hydrogen) atoms. The minimum Gasteiger partial charge on any atom is -0.383 e. The van der Waals surface area contributed by atoms with E-state index in [1.807, 2.05) is 0 Å². The molecule has 0 fully saturated rings. The maximum atomic E-state index is 13.2. The molecular weight excluding hydrogens is 440 g/mol. The molecule has 0 aliphatic rings. The first-order valence-corrected chi connectivity index (χ1v) is 11.0. The zero-order valence-corrected chi connectivity index (χ0v) is 18.0. The van der Waals surface area contributed by atoms with Crippen molar-refractivity contribution in [2.75, 3.05) is 20.3 Å². The van der Waals surface area contributed by atoms with Crippen molar-refractivity contribution in [1.29, 1.82) is 0 Å². The van der Waals surface area contributed by atoms with Gasteiger partial charge in [0.15, 0.2) is 0 Å². The van der Waals surface area contributed by atoms with E-state index in [-0.39, 0.29) is 23.1 Å². The molecule has 0 N–H and O–H groups in total. The molecule has 168 valence electrons. The molecule has 0 spiro atoms. The summed E-state index contributed by atoms with van der Waals surface area (Å²) in [4.78, 5) is 14.2. The fourth-order valence-electron chi connectivity index (χ4n) is 2.88. The third-order valence-electron chi connectivity index (χ3n) is 4.55. The molecule has 0 atom stereocenters. The number of hydrogen-bond acceptors (Lipinski definition) is 5. The van der Waals surface area contributed by atoms with Crippen molar-refractivity contribution in [2.45, 2.75) is 11.4 Å². The number of methoxy groups -OCH3 is 1. The van der Waals surface area contributed by atoms with Crippen LogP contribution >= 0.6 is 0 Å². The van der Waals surface area contributed by atoms with Gasteiger partial charge >= 0.3 is 10.1 Å². The van der Waals surface area contributed by atoms with Crippen molar-refractivity contribution < 1.29 is 30.9 Å². The number of nitrogens with zero attached hydrogens (tertiary/aromatic N) is 1. The highest BCUT2D eigenvalue weighted by atomic mass is 32.2. The Balaban J connectivity index is 1.72. The second-order valence-electron chi connectivity index (χ2n) is 6.86. The second-order valence-corrected chi connectivity index (χ2v) is 8.41. The first-order valence-electron chi connectivity index (χ1n) is 9.61. The maximum absolute atomic E-state index is 13.2. The van der Waals surface area contributed by atoms with E-state index >= 15 is 0 Å². The van der Waals surface area contributed by atoms with Crippen molar-refractivity contribution in [2.24, 2.45) is 0 Å². The lowest BCUT2D eigenvalue weighted by molar-refractivity contribution is 0.0680. The Kier molecular flexibility index (Phi) is 7.55. The van der Waals surface area contributed by atoms with E-state index in [0.717, 1.165) is 29.8 Å². The third-order valence-corrected chi connectivity index (χ3v) is 5.81. The van der Waals surface area contributed by atoms with Crippen LogP contribution in [0.25, 0.3) is 0 Å². The number of rotatable bonds is 9. The molecule has 0 radical (unpaired) electrons. The van der Waals surface area contributed by atoms with Crippen molar-refractivity contribution in [3.63, 3.8) is 0 Å². The second kappa shape index (κ2) is 10.3. The van der Waals surface area contributed by atoms with Gasteiger partial charge in [0.05, 0.1) is 6.61 Å². The average molecular weight is 461 g/mol. The fraction of sp³-hybridized carbons (Fsp3) is 0.174. The van der Waals surface area contributed by atoms with E-state index in [0.29, 0.717) is 18.7 Å². The summed E-state index contributed by atoms with van der Waals surface area (Å²) < 4.78 is 61.0. The maximum Gasteiger partial charge on any atom is 0.339 e. The standard InChI is InChI=1S/C23H21F2NO5S/c1-30-15-14-26(23(27)18-4-6-19(24)7-5-18)16-17-2-10-21(11-3-17)31-32(28,29)22-12-8-20(25)9-13-22/h2-13H,14-16H2,1H3. The lowest BCUT2D eigenvalue weighted by atomic mass is 10.1.